The normalized spacial score (nSPS) is 33.9. The first kappa shape index (κ1) is 14.3. The van der Waals surface area contributed by atoms with Crippen molar-refractivity contribution >= 4 is 9.84 Å². The van der Waals surface area contributed by atoms with E-state index in [1.165, 1.54) is 12.8 Å². The zero-order valence-electron chi connectivity index (χ0n) is 11.6. The summed E-state index contributed by atoms with van der Waals surface area (Å²) in [6.07, 6.45) is 3.74. The fourth-order valence-corrected chi connectivity index (χ4v) is 3.85. The fourth-order valence-electron chi connectivity index (χ4n) is 2.59. The van der Waals surface area contributed by atoms with Gasteiger partial charge in [0.25, 0.3) is 0 Å². The van der Waals surface area contributed by atoms with Gasteiger partial charge >= 0.3 is 0 Å². The monoisotopic (exact) mass is 275 g/mol. The SMILES string of the molecule is CC(C)(C)S(=O)(=O)CCC1(N)CCOC1C1CC1. The first-order chi connectivity index (χ1) is 8.16. The standard InChI is InChI=1S/C13H25NO3S/c1-12(2,3)18(15,16)9-7-13(14)6-8-17-11(13)10-4-5-10/h10-11H,4-9,14H2,1-3H3. The summed E-state index contributed by atoms with van der Waals surface area (Å²) in [7, 11) is -3.09. The molecule has 0 aromatic heterocycles. The van der Waals surface area contributed by atoms with E-state index < -0.39 is 20.1 Å². The minimum absolute atomic E-state index is 0.0765. The Kier molecular flexibility index (Phi) is 3.54. The minimum Gasteiger partial charge on any atom is -0.376 e. The summed E-state index contributed by atoms with van der Waals surface area (Å²) in [5.41, 5.74) is 5.97. The smallest absolute Gasteiger partial charge is 0.155 e. The molecule has 2 unspecified atom stereocenters. The number of nitrogens with two attached hydrogens (primary N) is 1. The highest BCUT2D eigenvalue weighted by Gasteiger charge is 2.49. The van der Waals surface area contributed by atoms with Gasteiger partial charge in [0.1, 0.15) is 0 Å². The minimum atomic E-state index is -3.09. The molecule has 2 fully saturated rings. The van der Waals surface area contributed by atoms with Crippen molar-refractivity contribution < 1.29 is 13.2 Å². The van der Waals surface area contributed by atoms with Crippen LogP contribution in [0.1, 0.15) is 46.5 Å². The lowest BCUT2D eigenvalue weighted by Crippen LogP contribution is -2.50. The van der Waals surface area contributed by atoms with E-state index in [0.717, 1.165) is 6.42 Å². The molecule has 1 saturated carbocycles. The van der Waals surface area contributed by atoms with Crippen LogP contribution >= 0.6 is 0 Å². The fraction of sp³-hybridized carbons (Fsp3) is 1.00. The number of hydrogen-bond donors (Lipinski definition) is 1. The highest BCUT2D eigenvalue weighted by atomic mass is 32.2. The van der Waals surface area contributed by atoms with Gasteiger partial charge in [-0.1, -0.05) is 0 Å². The predicted octanol–water partition coefficient (Wildman–Crippen LogP) is 1.49. The molecule has 0 aromatic carbocycles. The van der Waals surface area contributed by atoms with E-state index in [-0.39, 0.29) is 11.9 Å². The van der Waals surface area contributed by atoms with Crippen LogP contribution in [0, 0.1) is 5.92 Å². The van der Waals surface area contributed by atoms with Crippen LogP contribution in [0.2, 0.25) is 0 Å². The maximum absolute atomic E-state index is 12.1. The molecule has 1 saturated heterocycles. The van der Waals surface area contributed by atoms with Crippen molar-refractivity contribution in [3.63, 3.8) is 0 Å². The van der Waals surface area contributed by atoms with Gasteiger partial charge in [-0.25, -0.2) is 8.42 Å². The Hall–Kier alpha value is -0.130. The summed E-state index contributed by atoms with van der Waals surface area (Å²) < 4.78 is 29.3. The summed E-state index contributed by atoms with van der Waals surface area (Å²) in [5, 5.41) is 0. The third-order valence-corrected chi connectivity index (χ3v) is 6.86. The van der Waals surface area contributed by atoms with Crippen LogP contribution in [-0.2, 0) is 14.6 Å². The van der Waals surface area contributed by atoms with Gasteiger partial charge in [-0.3, -0.25) is 0 Å². The van der Waals surface area contributed by atoms with Crippen molar-refractivity contribution in [2.45, 2.75) is 62.8 Å². The molecule has 18 heavy (non-hydrogen) atoms. The summed E-state index contributed by atoms with van der Waals surface area (Å²) in [5.74, 6) is 0.731. The molecule has 2 rings (SSSR count). The van der Waals surface area contributed by atoms with Crippen molar-refractivity contribution in [3.05, 3.63) is 0 Å². The molecule has 0 spiro atoms. The highest BCUT2D eigenvalue weighted by Crippen LogP contribution is 2.43. The molecule has 1 aliphatic carbocycles. The van der Waals surface area contributed by atoms with Gasteiger partial charge in [-0.2, -0.15) is 0 Å². The second kappa shape index (κ2) is 4.46. The zero-order valence-corrected chi connectivity index (χ0v) is 12.4. The van der Waals surface area contributed by atoms with Gasteiger partial charge in [0.2, 0.25) is 0 Å². The Morgan fingerprint density at radius 2 is 1.94 bits per heavy atom. The zero-order chi connectivity index (χ0) is 13.6. The molecule has 2 atom stereocenters. The average Bonchev–Trinajstić information content (AvgIpc) is 2.99. The lowest BCUT2D eigenvalue weighted by atomic mass is 9.87. The van der Waals surface area contributed by atoms with Gasteiger partial charge in [0, 0.05) is 12.1 Å². The van der Waals surface area contributed by atoms with Crippen LogP contribution in [-0.4, -0.2) is 37.2 Å². The Morgan fingerprint density at radius 3 is 2.44 bits per heavy atom. The molecular weight excluding hydrogens is 250 g/mol. The first-order valence-corrected chi connectivity index (χ1v) is 8.44. The number of rotatable bonds is 4. The first-order valence-electron chi connectivity index (χ1n) is 6.78. The molecule has 0 amide bonds. The maximum atomic E-state index is 12.1. The molecule has 5 heteroatoms. The lowest BCUT2D eigenvalue weighted by molar-refractivity contribution is 0.0617. The number of hydrogen-bond acceptors (Lipinski definition) is 4. The predicted molar refractivity (Wildman–Crippen MR) is 72.2 cm³/mol. The van der Waals surface area contributed by atoms with E-state index in [1.54, 1.807) is 20.8 Å². The molecule has 1 heterocycles. The molecular formula is C13H25NO3S. The van der Waals surface area contributed by atoms with Gasteiger partial charge in [0.05, 0.1) is 16.6 Å². The molecule has 106 valence electrons. The van der Waals surface area contributed by atoms with Gasteiger partial charge in [-0.05, 0) is 52.4 Å². The van der Waals surface area contributed by atoms with Crippen molar-refractivity contribution in [1.82, 2.24) is 0 Å². The quantitative estimate of drug-likeness (QED) is 0.844. The van der Waals surface area contributed by atoms with E-state index >= 15 is 0 Å². The van der Waals surface area contributed by atoms with E-state index in [1.807, 2.05) is 0 Å². The van der Waals surface area contributed by atoms with Crippen molar-refractivity contribution in [2.75, 3.05) is 12.4 Å². The molecule has 2 N–H and O–H groups in total. The van der Waals surface area contributed by atoms with E-state index in [4.69, 9.17) is 10.5 Å². The van der Waals surface area contributed by atoms with Gasteiger partial charge in [-0.15, -0.1) is 0 Å². The van der Waals surface area contributed by atoms with E-state index in [9.17, 15) is 8.42 Å². The number of ether oxygens (including phenoxy) is 1. The van der Waals surface area contributed by atoms with Crippen molar-refractivity contribution in [2.24, 2.45) is 11.7 Å². The van der Waals surface area contributed by atoms with Crippen LogP contribution in [0.5, 0.6) is 0 Å². The summed E-state index contributed by atoms with van der Waals surface area (Å²) >= 11 is 0. The molecule has 2 aliphatic rings. The molecule has 0 aromatic rings. The molecule has 1 aliphatic heterocycles. The Balaban J connectivity index is 2.01. The van der Waals surface area contributed by atoms with Gasteiger partial charge < -0.3 is 10.5 Å². The highest BCUT2D eigenvalue weighted by molar-refractivity contribution is 7.92. The third kappa shape index (κ3) is 2.73. The maximum Gasteiger partial charge on any atom is 0.155 e. The van der Waals surface area contributed by atoms with Gasteiger partial charge in [0.15, 0.2) is 9.84 Å². The van der Waals surface area contributed by atoms with Crippen LogP contribution < -0.4 is 5.73 Å². The average molecular weight is 275 g/mol. The Labute approximate surface area is 110 Å². The molecule has 0 bridgehead atoms. The molecule has 4 nitrogen and oxygen atoms in total. The third-order valence-electron chi connectivity index (χ3n) is 4.25. The van der Waals surface area contributed by atoms with Crippen LogP contribution in [0.4, 0.5) is 0 Å². The number of sulfone groups is 1. The Bertz CT molecular complexity index is 408. The van der Waals surface area contributed by atoms with Crippen molar-refractivity contribution in [1.29, 1.82) is 0 Å². The topological polar surface area (TPSA) is 69.4 Å². The summed E-state index contributed by atoms with van der Waals surface area (Å²) in [6, 6.07) is 0. The van der Waals surface area contributed by atoms with E-state index in [0.29, 0.717) is 18.9 Å². The second-order valence-electron chi connectivity index (χ2n) is 6.79. The lowest BCUT2D eigenvalue weighted by Gasteiger charge is -2.31. The van der Waals surface area contributed by atoms with E-state index in [2.05, 4.69) is 0 Å². The van der Waals surface area contributed by atoms with Crippen LogP contribution in [0.15, 0.2) is 0 Å². The van der Waals surface area contributed by atoms with Crippen LogP contribution in [0.25, 0.3) is 0 Å². The summed E-state index contributed by atoms with van der Waals surface area (Å²) in [4.78, 5) is 0. The van der Waals surface area contributed by atoms with Crippen LogP contribution in [0.3, 0.4) is 0 Å². The summed E-state index contributed by atoms with van der Waals surface area (Å²) in [6.45, 7) is 5.91. The largest absolute Gasteiger partial charge is 0.376 e. The Morgan fingerprint density at radius 1 is 1.33 bits per heavy atom. The van der Waals surface area contributed by atoms with Crippen molar-refractivity contribution in [3.8, 4) is 0 Å². The molecule has 0 radical (unpaired) electrons. The second-order valence-corrected chi connectivity index (χ2v) is 9.66.